The zero-order chi connectivity index (χ0) is 18.3. The van der Waals surface area contributed by atoms with Crippen molar-refractivity contribution < 1.29 is 13.6 Å². The first kappa shape index (κ1) is 17.0. The molecular formula is C17H12BrFN4O2S. The summed E-state index contributed by atoms with van der Waals surface area (Å²) in [5, 5.41) is 11.2. The molecule has 9 heteroatoms. The minimum atomic E-state index is -0.498. The molecule has 0 atom stereocenters. The fraction of sp³-hybridized carbons (Fsp3) is 0.118. The van der Waals surface area contributed by atoms with Gasteiger partial charge in [-0.15, -0.1) is 10.2 Å². The third-order valence-corrected chi connectivity index (χ3v) is 5.19. The van der Waals surface area contributed by atoms with Crippen LogP contribution in [0, 0.1) is 12.7 Å². The zero-order valence-corrected chi connectivity index (χ0v) is 15.9. The predicted molar refractivity (Wildman–Crippen MR) is 101 cm³/mol. The van der Waals surface area contributed by atoms with E-state index in [1.54, 1.807) is 12.4 Å². The van der Waals surface area contributed by atoms with Gasteiger partial charge in [0, 0.05) is 16.6 Å². The van der Waals surface area contributed by atoms with E-state index in [-0.39, 0.29) is 17.3 Å². The average molecular weight is 435 g/mol. The van der Waals surface area contributed by atoms with Crippen molar-refractivity contribution >= 4 is 55.9 Å². The first-order valence-electron chi connectivity index (χ1n) is 7.62. The van der Waals surface area contributed by atoms with E-state index in [1.165, 1.54) is 23.9 Å². The molecule has 0 aliphatic carbocycles. The minimum Gasteiger partial charge on any atom is -0.460 e. The minimum absolute atomic E-state index is 0.0788. The number of fused-ring (bicyclic) bond motifs is 3. The molecule has 1 aromatic carbocycles. The number of aryl methyl sites for hydroxylation is 1. The Morgan fingerprint density at radius 3 is 3.00 bits per heavy atom. The van der Waals surface area contributed by atoms with Crippen LogP contribution in [-0.2, 0) is 4.79 Å². The molecule has 0 aliphatic rings. The maximum absolute atomic E-state index is 13.8. The highest BCUT2D eigenvalue weighted by atomic mass is 79.9. The molecule has 4 rings (SSSR count). The second-order valence-corrected chi connectivity index (χ2v) is 7.48. The van der Waals surface area contributed by atoms with Crippen molar-refractivity contribution in [3.05, 3.63) is 52.7 Å². The number of furan rings is 1. The molecule has 0 bridgehead atoms. The molecule has 4 aromatic rings. The van der Waals surface area contributed by atoms with Gasteiger partial charge >= 0.3 is 0 Å². The van der Waals surface area contributed by atoms with Crippen molar-refractivity contribution in [1.29, 1.82) is 0 Å². The summed E-state index contributed by atoms with van der Waals surface area (Å²) in [6.07, 6.45) is 1.61. The fourth-order valence-electron chi connectivity index (χ4n) is 2.62. The Balaban J connectivity index is 1.52. The average Bonchev–Trinajstić information content (AvgIpc) is 3.12. The van der Waals surface area contributed by atoms with Gasteiger partial charge in [-0.1, -0.05) is 27.7 Å². The molecular weight excluding hydrogens is 423 g/mol. The number of hydrogen-bond donors (Lipinski definition) is 1. The summed E-state index contributed by atoms with van der Waals surface area (Å²) < 4.78 is 21.9. The van der Waals surface area contributed by atoms with E-state index in [9.17, 15) is 9.18 Å². The second kappa shape index (κ2) is 6.73. The van der Waals surface area contributed by atoms with E-state index < -0.39 is 5.82 Å². The third kappa shape index (κ3) is 3.19. The summed E-state index contributed by atoms with van der Waals surface area (Å²) in [6, 6.07) is 8.25. The van der Waals surface area contributed by atoms with E-state index in [2.05, 4.69) is 31.4 Å². The van der Waals surface area contributed by atoms with Crippen molar-refractivity contribution in [2.75, 3.05) is 11.1 Å². The van der Waals surface area contributed by atoms with Gasteiger partial charge in [0.15, 0.2) is 5.58 Å². The Bertz CT molecular complexity index is 1140. The topological polar surface area (TPSA) is 72.4 Å². The molecule has 0 spiro atoms. The third-order valence-electron chi connectivity index (χ3n) is 3.73. The number of nitrogens with one attached hydrogen (secondary N) is 1. The van der Waals surface area contributed by atoms with Crippen LogP contribution in [0.1, 0.15) is 5.76 Å². The standard InChI is InChI=1S/C17H12BrFN4O2S/c1-9-4-13-15(25-9)6-14-17(22-20-8-23(13)14)26-7-16(24)21-12-3-2-10(18)5-11(12)19/h2-6,8H,7H2,1H3,(H,21,24). The Hall–Kier alpha value is -2.39. The molecule has 1 amide bonds. The Morgan fingerprint density at radius 2 is 2.19 bits per heavy atom. The van der Waals surface area contributed by atoms with Crippen LogP contribution in [0.25, 0.3) is 16.6 Å². The number of carbonyl (C=O) groups is 1. The summed E-state index contributed by atoms with van der Waals surface area (Å²) >= 11 is 4.41. The molecule has 0 radical (unpaired) electrons. The Kier molecular flexibility index (Phi) is 4.41. The first-order chi connectivity index (χ1) is 12.5. The van der Waals surface area contributed by atoms with E-state index >= 15 is 0 Å². The number of benzene rings is 1. The molecule has 0 unspecified atom stereocenters. The summed E-state index contributed by atoms with van der Waals surface area (Å²) in [5.41, 5.74) is 2.58. The van der Waals surface area contributed by atoms with Gasteiger partial charge in [0.1, 0.15) is 22.9 Å². The van der Waals surface area contributed by atoms with Crippen LogP contribution in [0.15, 0.2) is 50.6 Å². The number of rotatable bonds is 4. The van der Waals surface area contributed by atoms with Gasteiger partial charge in [0.25, 0.3) is 0 Å². The zero-order valence-electron chi connectivity index (χ0n) is 13.5. The van der Waals surface area contributed by atoms with Gasteiger partial charge in [-0.25, -0.2) is 4.39 Å². The molecule has 0 saturated heterocycles. The lowest BCUT2D eigenvalue weighted by Crippen LogP contribution is -2.15. The number of amides is 1. The van der Waals surface area contributed by atoms with Crippen molar-refractivity contribution in [3.63, 3.8) is 0 Å². The van der Waals surface area contributed by atoms with Crippen LogP contribution in [0.2, 0.25) is 0 Å². The molecule has 26 heavy (non-hydrogen) atoms. The number of hydrogen-bond acceptors (Lipinski definition) is 5. The van der Waals surface area contributed by atoms with E-state index in [4.69, 9.17) is 4.42 Å². The van der Waals surface area contributed by atoms with Gasteiger partial charge in [0.05, 0.1) is 22.5 Å². The monoisotopic (exact) mass is 434 g/mol. The highest BCUT2D eigenvalue weighted by Crippen LogP contribution is 2.29. The van der Waals surface area contributed by atoms with Gasteiger partial charge < -0.3 is 9.73 Å². The van der Waals surface area contributed by atoms with Crippen LogP contribution >= 0.6 is 27.7 Å². The van der Waals surface area contributed by atoms with Crippen LogP contribution in [0.3, 0.4) is 0 Å². The van der Waals surface area contributed by atoms with E-state index in [1.807, 2.05) is 23.5 Å². The lowest BCUT2D eigenvalue weighted by molar-refractivity contribution is -0.113. The van der Waals surface area contributed by atoms with Crippen LogP contribution in [0.4, 0.5) is 10.1 Å². The SMILES string of the molecule is Cc1cc2c(cc3c(SCC(=O)Nc4ccc(Br)cc4F)nncn32)o1. The van der Waals surface area contributed by atoms with Gasteiger partial charge in [-0.2, -0.15) is 0 Å². The molecule has 0 saturated carbocycles. The highest BCUT2D eigenvalue weighted by molar-refractivity contribution is 9.10. The molecule has 1 N–H and O–H groups in total. The van der Waals surface area contributed by atoms with Crippen molar-refractivity contribution in [2.45, 2.75) is 11.9 Å². The lowest BCUT2D eigenvalue weighted by atomic mass is 10.3. The second-order valence-electron chi connectivity index (χ2n) is 5.60. The summed E-state index contributed by atoms with van der Waals surface area (Å²) in [7, 11) is 0. The quantitative estimate of drug-likeness (QED) is 0.481. The largest absolute Gasteiger partial charge is 0.460 e. The van der Waals surface area contributed by atoms with Crippen molar-refractivity contribution in [3.8, 4) is 0 Å². The van der Waals surface area contributed by atoms with Crippen molar-refractivity contribution in [1.82, 2.24) is 14.6 Å². The molecule has 3 heterocycles. The van der Waals surface area contributed by atoms with Crippen LogP contribution in [0.5, 0.6) is 0 Å². The van der Waals surface area contributed by atoms with Crippen molar-refractivity contribution in [2.24, 2.45) is 0 Å². The van der Waals surface area contributed by atoms with Gasteiger partial charge in [-0.05, 0) is 25.1 Å². The number of nitrogens with zero attached hydrogens (tertiary/aromatic N) is 3. The molecule has 0 fully saturated rings. The highest BCUT2D eigenvalue weighted by Gasteiger charge is 2.14. The van der Waals surface area contributed by atoms with Crippen LogP contribution in [-0.4, -0.2) is 26.3 Å². The molecule has 3 aromatic heterocycles. The fourth-order valence-corrected chi connectivity index (χ4v) is 3.70. The normalized spacial score (nSPS) is 11.3. The number of carbonyl (C=O) groups excluding carboxylic acids is 1. The van der Waals surface area contributed by atoms with Crippen LogP contribution < -0.4 is 5.32 Å². The number of halogens is 2. The maximum atomic E-state index is 13.8. The smallest absolute Gasteiger partial charge is 0.234 e. The first-order valence-corrected chi connectivity index (χ1v) is 9.40. The predicted octanol–water partition coefficient (Wildman–Crippen LogP) is 4.42. The molecule has 6 nitrogen and oxygen atoms in total. The van der Waals surface area contributed by atoms with Gasteiger partial charge in [-0.3, -0.25) is 9.20 Å². The summed E-state index contributed by atoms with van der Waals surface area (Å²) in [6.45, 7) is 1.88. The molecule has 132 valence electrons. The van der Waals surface area contributed by atoms with Gasteiger partial charge in [0.2, 0.25) is 5.91 Å². The number of aromatic nitrogens is 3. The molecule has 0 aliphatic heterocycles. The Morgan fingerprint density at radius 1 is 1.35 bits per heavy atom. The lowest BCUT2D eigenvalue weighted by Gasteiger charge is -2.07. The number of thioether (sulfide) groups is 1. The Labute approximate surface area is 159 Å². The van der Waals surface area contributed by atoms with E-state index in [0.717, 1.165) is 22.4 Å². The maximum Gasteiger partial charge on any atom is 0.234 e. The summed E-state index contributed by atoms with van der Waals surface area (Å²) in [5.74, 6) is 0.0643. The summed E-state index contributed by atoms with van der Waals surface area (Å²) in [4.78, 5) is 12.1. The van der Waals surface area contributed by atoms with E-state index in [0.29, 0.717) is 9.50 Å². The number of anilines is 1.